The first-order valence-corrected chi connectivity index (χ1v) is 10.6. The summed E-state index contributed by atoms with van der Waals surface area (Å²) in [4.78, 5) is 24.6. The highest BCUT2D eigenvalue weighted by Crippen LogP contribution is 2.36. The molecule has 1 saturated carbocycles. The van der Waals surface area contributed by atoms with Crippen molar-refractivity contribution in [2.75, 3.05) is 12.3 Å². The quantitative estimate of drug-likeness (QED) is 0.458. The van der Waals surface area contributed by atoms with Crippen molar-refractivity contribution in [2.45, 2.75) is 88.1 Å². The highest BCUT2D eigenvalue weighted by molar-refractivity contribution is 7.99. The van der Waals surface area contributed by atoms with E-state index in [-0.39, 0.29) is 30.6 Å². The number of urea groups is 1. The first-order valence-electron chi connectivity index (χ1n) is 9.59. The second kappa shape index (κ2) is 10.3. The van der Waals surface area contributed by atoms with Crippen molar-refractivity contribution in [3.05, 3.63) is 0 Å². The Labute approximate surface area is 154 Å². The van der Waals surface area contributed by atoms with Gasteiger partial charge >= 0.3 is 12.0 Å². The normalized spacial score (nSPS) is 26.6. The molecule has 3 unspecified atom stereocenters. The second-order valence-electron chi connectivity index (χ2n) is 7.22. The average Bonchev–Trinajstić information content (AvgIpc) is 3.06. The minimum atomic E-state index is -0.736. The Balaban J connectivity index is 1.70. The van der Waals surface area contributed by atoms with E-state index in [4.69, 9.17) is 5.11 Å². The Bertz CT molecular complexity index is 449. The van der Waals surface area contributed by atoms with Crippen LogP contribution in [0.1, 0.15) is 64.7 Å². The van der Waals surface area contributed by atoms with Gasteiger partial charge in [0.2, 0.25) is 0 Å². The number of fused-ring (bicyclic) bond motifs is 1. The maximum Gasteiger partial charge on any atom is 0.318 e. The molecule has 0 aromatic rings. The summed E-state index contributed by atoms with van der Waals surface area (Å²) in [6, 6.07) is 0.444. The molecule has 3 N–H and O–H groups in total. The number of carbonyl (C=O) groups is 2. The van der Waals surface area contributed by atoms with Gasteiger partial charge in [-0.15, -0.1) is 0 Å². The van der Waals surface area contributed by atoms with E-state index < -0.39 is 5.97 Å². The second-order valence-corrected chi connectivity index (χ2v) is 8.62. The van der Waals surface area contributed by atoms with Gasteiger partial charge in [-0.05, 0) is 37.9 Å². The molecule has 2 amide bonds. The molecule has 1 aliphatic carbocycles. The number of hydrogen-bond donors (Lipinski definition) is 3. The lowest BCUT2D eigenvalue weighted by atomic mass is 10.1. The minimum absolute atomic E-state index is 0.00471. The first kappa shape index (κ1) is 20.4. The Kier molecular flexibility index (Phi) is 8.36. The highest BCUT2D eigenvalue weighted by Gasteiger charge is 2.45. The Hall–Kier alpha value is -0.950. The average molecular weight is 373 g/mol. The predicted molar refractivity (Wildman–Crippen MR) is 99.9 cm³/mol. The summed E-state index contributed by atoms with van der Waals surface area (Å²) in [7, 11) is 0. The Morgan fingerprint density at radius 2 is 2.12 bits per heavy atom. The molecule has 4 atom stereocenters. The third-order valence-corrected chi connectivity index (χ3v) is 6.57. The van der Waals surface area contributed by atoms with Gasteiger partial charge in [-0.1, -0.05) is 26.2 Å². The number of carbonyl (C=O) groups excluding carboxylic acids is 1. The number of carboxylic acid groups (broad SMARTS) is 1. The Morgan fingerprint density at radius 1 is 1.32 bits per heavy atom. The van der Waals surface area contributed by atoms with Gasteiger partial charge in [0.05, 0.1) is 18.2 Å². The molecular weight excluding hydrogens is 340 g/mol. The zero-order chi connectivity index (χ0) is 18.2. The zero-order valence-electron chi connectivity index (χ0n) is 15.2. The number of amides is 2. The summed E-state index contributed by atoms with van der Waals surface area (Å²) in [5, 5.41) is 22.3. The van der Waals surface area contributed by atoms with E-state index in [1.807, 2.05) is 16.7 Å². The SMILES string of the molecule is CCCCCC(O)CCN1C(=O)NC2C[C@H](SCCCC(=O)O)CC21. The van der Waals surface area contributed by atoms with Crippen LogP contribution in [0.15, 0.2) is 0 Å². The molecule has 0 radical (unpaired) electrons. The predicted octanol–water partition coefficient (Wildman–Crippen LogP) is 2.84. The fraction of sp³-hybridized carbons (Fsp3) is 0.889. The molecular formula is C18H32N2O4S. The summed E-state index contributed by atoms with van der Waals surface area (Å²) in [5.74, 6) is 0.125. The van der Waals surface area contributed by atoms with Gasteiger partial charge in [-0.2, -0.15) is 11.8 Å². The number of aliphatic hydroxyl groups is 1. The van der Waals surface area contributed by atoms with E-state index in [9.17, 15) is 14.7 Å². The van der Waals surface area contributed by atoms with Gasteiger partial charge in [0.1, 0.15) is 0 Å². The third-order valence-electron chi connectivity index (χ3n) is 5.19. The third kappa shape index (κ3) is 6.37. The molecule has 144 valence electrons. The van der Waals surface area contributed by atoms with Crippen molar-refractivity contribution in [2.24, 2.45) is 0 Å². The smallest absolute Gasteiger partial charge is 0.318 e. The molecule has 0 aromatic heterocycles. The molecule has 0 bridgehead atoms. The fourth-order valence-electron chi connectivity index (χ4n) is 3.80. The highest BCUT2D eigenvalue weighted by atomic mass is 32.2. The van der Waals surface area contributed by atoms with Crippen LogP contribution in [0.3, 0.4) is 0 Å². The molecule has 2 rings (SSSR count). The van der Waals surface area contributed by atoms with E-state index in [0.717, 1.165) is 44.3 Å². The molecule has 0 spiro atoms. The van der Waals surface area contributed by atoms with Crippen LogP contribution in [0, 0.1) is 0 Å². The van der Waals surface area contributed by atoms with E-state index >= 15 is 0 Å². The van der Waals surface area contributed by atoms with Crippen LogP contribution in [0.25, 0.3) is 0 Å². The monoisotopic (exact) mass is 372 g/mol. The number of thioether (sulfide) groups is 1. The molecule has 7 heteroatoms. The number of aliphatic carboxylic acids is 1. The number of rotatable bonds is 12. The van der Waals surface area contributed by atoms with E-state index in [2.05, 4.69) is 12.2 Å². The number of nitrogens with one attached hydrogen (secondary N) is 1. The van der Waals surface area contributed by atoms with Crippen molar-refractivity contribution >= 4 is 23.8 Å². The van der Waals surface area contributed by atoms with Gasteiger partial charge in [0, 0.05) is 18.2 Å². The van der Waals surface area contributed by atoms with Gasteiger partial charge < -0.3 is 20.4 Å². The maximum atomic E-state index is 12.2. The van der Waals surface area contributed by atoms with Crippen molar-refractivity contribution in [1.82, 2.24) is 10.2 Å². The molecule has 25 heavy (non-hydrogen) atoms. The van der Waals surface area contributed by atoms with Gasteiger partial charge in [0.15, 0.2) is 0 Å². The van der Waals surface area contributed by atoms with Gasteiger partial charge in [-0.25, -0.2) is 4.79 Å². The van der Waals surface area contributed by atoms with Crippen LogP contribution in [0.4, 0.5) is 4.79 Å². The molecule has 1 saturated heterocycles. The van der Waals surface area contributed by atoms with Crippen LogP contribution in [0.5, 0.6) is 0 Å². The number of hydrogen-bond acceptors (Lipinski definition) is 4. The maximum absolute atomic E-state index is 12.2. The van der Waals surface area contributed by atoms with Crippen LogP contribution >= 0.6 is 11.8 Å². The van der Waals surface area contributed by atoms with E-state index in [1.54, 1.807) is 0 Å². The number of aliphatic hydroxyl groups excluding tert-OH is 1. The van der Waals surface area contributed by atoms with Crippen molar-refractivity contribution in [3.63, 3.8) is 0 Å². The van der Waals surface area contributed by atoms with Crippen molar-refractivity contribution in [3.8, 4) is 0 Å². The van der Waals surface area contributed by atoms with Crippen LogP contribution in [-0.2, 0) is 4.79 Å². The van der Waals surface area contributed by atoms with Crippen LogP contribution < -0.4 is 5.32 Å². The van der Waals surface area contributed by atoms with Crippen molar-refractivity contribution in [1.29, 1.82) is 0 Å². The summed E-state index contributed by atoms with van der Waals surface area (Å²) in [6.07, 6.45) is 7.35. The number of unbranched alkanes of at least 4 members (excludes halogenated alkanes) is 2. The lowest BCUT2D eigenvalue weighted by Gasteiger charge is -2.24. The molecule has 1 aliphatic heterocycles. The summed E-state index contributed by atoms with van der Waals surface area (Å²) >= 11 is 1.83. The van der Waals surface area contributed by atoms with E-state index in [0.29, 0.717) is 24.6 Å². The topological polar surface area (TPSA) is 89.9 Å². The summed E-state index contributed by atoms with van der Waals surface area (Å²) in [5.41, 5.74) is 0. The van der Waals surface area contributed by atoms with Crippen LogP contribution in [-0.4, -0.2) is 62.8 Å². The standard InChI is InChI=1S/C18H32N2O4S/c1-2-3-4-6-13(21)8-9-20-16-12-14(11-15(16)19-18(20)24)25-10-5-7-17(22)23/h13-16,21H,2-12H2,1H3,(H,19,24)(H,22,23)/t13?,14-,15?,16?/m0/s1. The molecule has 2 fully saturated rings. The number of nitrogens with zero attached hydrogens (tertiary/aromatic N) is 1. The van der Waals surface area contributed by atoms with Crippen molar-refractivity contribution < 1.29 is 19.8 Å². The summed E-state index contributed by atoms with van der Waals surface area (Å²) in [6.45, 7) is 2.77. The summed E-state index contributed by atoms with van der Waals surface area (Å²) < 4.78 is 0. The van der Waals surface area contributed by atoms with Crippen LogP contribution in [0.2, 0.25) is 0 Å². The van der Waals surface area contributed by atoms with Gasteiger partial charge in [0.25, 0.3) is 0 Å². The minimum Gasteiger partial charge on any atom is -0.481 e. The molecule has 6 nitrogen and oxygen atoms in total. The van der Waals surface area contributed by atoms with Gasteiger partial charge in [-0.3, -0.25) is 4.79 Å². The zero-order valence-corrected chi connectivity index (χ0v) is 16.0. The Morgan fingerprint density at radius 3 is 2.84 bits per heavy atom. The lowest BCUT2D eigenvalue weighted by Crippen LogP contribution is -2.36. The first-order chi connectivity index (χ1) is 12.0. The molecule has 0 aromatic carbocycles. The largest absolute Gasteiger partial charge is 0.481 e. The van der Waals surface area contributed by atoms with E-state index in [1.165, 1.54) is 0 Å². The molecule has 2 aliphatic rings. The fourth-order valence-corrected chi connectivity index (χ4v) is 5.12. The number of carboxylic acids is 1. The lowest BCUT2D eigenvalue weighted by molar-refractivity contribution is -0.137. The molecule has 1 heterocycles.